The van der Waals surface area contributed by atoms with Crippen LogP contribution in [0.1, 0.15) is 31.9 Å². The number of aromatic nitrogens is 2. The maximum Gasteiger partial charge on any atom is 0.247 e. The Morgan fingerprint density at radius 3 is 2.61 bits per heavy atom. The number of nitrogens with one attached hydrogen (secondary N) is 2. The zero-order valence-corrected chi connectivity index (χ0v) is 23.8. The summed E-state index contributed by atoms with van der Waals surface area (Å²) >= 11 is 2.05. The molecule has 2 aromatic carbocycles. The van der Waals surface area contributed by atoms with E-state index in [2.05, 4.69) is 37.9 Å². The number of H-pyrrole nitrogens is 1. The van der Waals surface area contributed by atoms with Crippen molar-refractivity contribution in [3.8, 4) is 28.0 Å². The van der Waals surface area contributed by atoms with Gasteiger partial charge in [-0.15, -0.1) is 0 Å². The number of carbonyl (C=O) groups excluding carboxylic acids is 1. The molecule has 0 spiro atoms. The van der Waals surface area contributed by atoms with Crippen LogP contribution in [0.2, 0.25) is 0 Å². The normalized spacial score (nSPS) is 12.2. The number of aliphatic hydroxyl groups is 1. The summed E-state index contributed by atoms with van der Waals surface area (Å²) in [6, 6.07) is 7.92. The Morgan fingerprint density at radius 1 is 1.18 bits per heavy atom. The van der Waals surface area contributed by atoms with Crippen LogP contribution in [0.3, 0.4) is 0 Å². The Kier molecular flexibility index (Phi) is 7.89. The lowest BCUT2D eigenvalue weighted by Gasteiger charge is -2.23. The maximum absolute atomic E-state index is 14.8. The molecule has 0 aliphatic heterocycles. The van der Waals surface area contributed by atoms with Crippen LogP contribution in [0.25, 0.3) is 39.4 Å². The van der Waals surface area contributed by atoms with Gasteiger partial charge in [0.15, 0.2) is 11.6 Å². The predicted octanol–water partition coefficient (Wildman–Crippen LogP) is 6.39. The molecule has 0 atom stereocenters. The molecule has 0 aliphatic rings. The number of hydrogen-bond acceptors (Lipinski definition) is 4. The minimum Gasteiger partial charge on any atom is -0.493 e. The number of halogens is 3. The van der Waals surface area contributed by atoms with Crippen molar-refractivity contribution in [3.05, 3.63) is 74.6 Å². The van der Waals surface area contributed by atoms with Crippen molar-refractivity contribution in [2.75, 3.05) is 13.7 Å². The van der Waals surface area contributed by atoms with E-state index in [1.807, 2.05) is 19.1 Å². The molecule has 0 fully saturated rings. The van der Waals surface area contributed by atoms with Gasteiger partial charge in [0.2, 0.25) is 5.91 Å². The quantitative estimate of drug-likeness (QED) is 0.163. The lowest BCUT2D eigenvalue weighted by atomic mass is 9.94. The third kappa shape index (κ3) is 5.58. The summed E-state index contributed by atoms with van der Waals surface area (Å²) in [5.74, 6) is -1.15. The van der Waals surface area contributed by atoms with Gasteiger partial charge in [-0.1, -0.05) is 0 Å². The largest absolute Gasteiger partial charge is 0.493 e. The lowest BCUT2D eigenvalue weighted by Crippen LogP contribution is -2.46. The fourth-order valence-corrected chi connectivity index (χ4v) is 4.82. The van der Waals surface area contributed by atoms with E-state index >= 15 is 0 Å². The second kappa shape index (κ2) is 10.8. The van der Waals surface area contributed by atoms with Gasteiger partial charge >= 0.3 is 0 Å². The van der Waals surface area contributed by atoms with Gasteiger partial charge in [0, 0.05) is 43.6 Å². The van der Waals surface area contributed by atoms with Crippen molar-refractivity contribution in [2.24, 2.45) is 0 Å². The minimum atomic E-state index is -0.786. The molecule has 2 aromatic heterocycles. The standard InChI is InChI=1S/C29H28F2IN3O3/c1-15(28(37)35-29(3,4)14-36)6-17-7-19(30)9-21(16(17)2)18-8-23-24(13-34-27(23)33-12-18)22-10-20(32)11-25(31)26(22)38-5/h6-13,36H,14H2,1-5H3,(H,33,34)(H,35,37)/b15-6+. The average molecular weight is 631 g/mol. The van der Waals surface area contributed by atoms with Gasteiger partial charge in [-0.25, -0.2) is 13.8 Å². The molecule has 2 heterocycles. The zero-order valence-electron chi connectivity index (χ0n) is 21.7. The summed E-state index contributed by atoms with van der Waals surface area (Å²) in [6.07, 6.45) is 5.02. The second-order valence-electron chi connectivity index (χ2n) is 9.78. The smallest absolute Gasteiger partial charge is 0.247 e. The van der Waals surface area contributed by atoms with E-state index in [1.165, 1.54) is 25.3 Å². The van der Waals surface area contributed by atoms with Gasteiger partial charge in [-0.3, -0.25) is 4.79 Å². The van der Waals surface area contributed by atoms with Gasteiger partial charge in [0.1, 0.15) is 11.5 Å². The first-order valence-corrected chi connectivity index (χ1v) is 12.9. The molecule has 0 bridgehead atoms. The van der Waals surface area contributed by atoms with Crippen molar-refractivity contribution in [1.29, 1.82) is 0 Å². The maximum atomic E-state index is 14.8. The fourth-order valence-electron chi connectivity index (χ4n) is 4.24. The third-order valence-electron chi connectivity index (χ3n) is 6.33. The molecule has 1 amide bonds. The number of carbonyl (C=O) groups is 1. The van der Waals surface area contributed by atoms with Crippen LogP contribution in [0, 0.1) is 22.1 Å². The van der Waals surface area contributed by atoms with Crippen molar-refractivity contribution in [3.63, 3.8) is 0 Å². The van der Waals surface area contributed by atoms with Crippen molar-refractivity contribution >= 4 is 45.6 Å². The molecule has 3 N–H and O–H groups in total. The Morgan fingerprint density at radius 2 is 1.92 bits per heavy atom. The molecule has 198 valence electrons. The van der Waals surface area contributed by atoms with E-state index < -0.39 is 17.2 Å². The van der Waals surface area contributed by atoms with Crippen LogP contribution < -0.4 is 10.1 Å². The van der Waals surface area contributed by atoms with Crippen LogP contribution in [0.4, 0.5) is 8.78 Å². The minimum absolute atomic E-state index is 0.129. The molecule has 38 heavy (non-hydrogen) atoms. The van der Waals surface area contributed by atoms with Gasteiger partial charge in [0.25, 0.3) is 0 Å². The van der Waals surface area contributed by atoms with Crippen molar-refractivity contribution < 1.29 is 23.4 Å². The molecule has 0 unspecified atom stereocenters. The molecule has 0 saturated carbocycles. The molecule has 4 rings (SSSR count). The van der Waals surface area contributed by atoms with E-state index in [1.54, 1.807) is 39.2 Å². The summed E-state index contributed by atoms with van der Waals surface area (Å²) in [5, 5.41) is 12.9. The third-order valence-corrected chi connectivity index (χ3v) is 6.96. The number of amides is 1. The van der Waals surface area contributed by atoms with E-state index in [0.29, 0.717) is 42.6 Å². The summed E-state index contributed by atoms with van der Waals surface area (Å²) < 4.78 is 35.5. The fraction of sp³-hybridized carbons (Fsp3) is 0.241. The first-order chi connectivity index (χ1) is 17.9. The van der Waals surface area contributed by atoms with Crippen LogP contribution in [0.5, 0.6) is 5.75 Å². The number of ether oxygens (including phenoxy) is 1. The number of fused-ring (bicyclic) bond motifs is 1. The molecular formula is C29H28F2IN3O3. The van der Waals surface area contributed by atoms with Crippen LogP contribution in [0.15, 0.2) is 48.3 Å². The number of aliphatic hydroxyl groups excluding tert-OH is 1. The number of methoxy groups -OCH3 is 1. The number of benzene rings is 2. The molecule has 0 radical (unpaired) electrons. The Balaban J connectivity index is 1.81. The highest BCUT2D eigenvalue weighted by atomic mass is 127. The number of pyridine rings is 1. The van der Waals surface area contributed by atoms with Gasteiger partial charge < -0.3 is 20.1 Å². The second-order valence-corrected chi connectivity index (χ2v) is 11.0. The average Bonchev–Trinajstić information content (AvgIpc) is 3.28. The SMILES string of the molecule is COc1c(F)cc(I)cc1-c1c[nH]c2ncc(-c3cc(F)cc(/C=C(\C)C(=O)NC(C)(C)CO)c3C)cc12. The number of nitrogens with zero attached hydrogens (tertiary/aromatic N) is 1. The Hall–Kier alpha value is -3.31. The van der Waals surface area contributed by atoms with E-state index in [0.717, 1.165) is 10.9 Å². The highest BCUT2D eigenvalue weighted by molar-refractivity contribution is 14.1. The lowest BCUT2D eigenvalue weighted by molar-refractivity contribution is -0.119. The van der Waals surface area contributed by atoms with E-state index in [-0.39, 0.29) is 18.3 Å². The first-order valence-electron chi connectivity index (χ1n) is 11.9. The molecule has 9 heteroatoms. The van der Waals surface area contributed by atoms with Crippen LogP contribution in [-0.2, 0) is 4.79 Å². The topological polar surface area (TPSA) is 87.2 Å². The van der Waals surface area contributed by atoms with Crippen molar-refractivity contribution in [2.45, 2.75) is 33.2 Å². The Labute approximate surface area is 233 Å². The van der Waals surface area contributed by atoms with Gasteiger partial charge in [-0.05, 0) is 103 Å². The number of aromatic amines is 1. The summed E-state index contributed by atoms with van der Waals surface area (Å²) in [4.78, 5) is 20.3. The first kappa shape index (κ1) is 27.7. The monoisotopic (exact) mass is 631 g/mol. The van der Waals surface area contributed by atoms with Crippen molar-refractivity contribution in [1.82, 2.24) is 15.3 Å². The van der Waals surface area contributed by atoms with E-state index in [9.17, 15) is 18.7 Å². The highest BCUT2D eigenvalue weighted by Crippen LogP contribution is 2.39. The molecule has 0 saturated heterocycles. The highest BCUT2D eigenvalue weighted by Gasteiger charge is 2.21. The molecular weight excluding hydrogens is 603 g/mol. The zero-order chi connectivity index (χ0) is 27.8. The van der Waals surface area contributed by atoms with Crippen LogP contribution >= 0.6 is 22.6 Å². The summed E-state index contributed by atoms with van der Waals surface area (Å²) in [6.45, 7) is 6.70. The van der Waals surface area contributed by atoms with E-state index in [4.69, 9.17) is 4.74 Å². The molecule has 6 nitrogen and oxygen atoms in total. The Bertz CT molecular complexity index is 1580. The summed E-state index contributed by atoms with van der Waals surface area (Å²) in [7, 11) is 1.42. The van der Waals surface area contributed by atoms with Gasteiger partial charge in [-0.2, -0.15) is 0 Å². The molecule has 0 aliphatic carbocycles. The predicted molar refractivity (Wildman–Crippen MR) is 154 cm³/mol. The van der Waals surface area contributed by atoms with Gasteiger partial charge in [0.05, 0.1) is 19.3 Å². The van der Waals surface area contributed by atoms with Crippen LogP contribution in [-0.4, -0.2) is 40.2 Å². The number of hydrogen-bond donors (Lipinski definition) is 3. The number of rotatable bonds is 7. The summed E-state index contributed by atoms with van der Waals surface area (Å²) in [5.41, 5.74) is 4.05. The molecule has 4 aromatic rings.